The van der Waals surface area contributed by atoms with Crippen molar-refractivity contribution in [2.45, 2.75) is 40.3 Å². The van der Waals surface area contributed by atoms with Crippen molar-refractivity contribution in [2.24, 2.45) is 5.92 Å². The minimum Gasteiger partial charge on any atom is -0.348 e. The third-order valence-electron chi connectivity index (χ3n) is 2.39. The molecular weight excluding hydrogens is 250 g/mol. The number of aromatic nitrogens is 1. The first-order valence-corrected chi connectivity index (χ1v) is 6.74. The molecule has 0 radical (unpaired) electrons. The Balaban J connectivity index is 2.53. The highest BCUT2D eigenvalue weighted by Crippen LogP contribution is 2.08. The van der Waals surface area contributed by atoms with Gasteiger partial charge in [-0.05, 0) is 12.8 Å². The Morgan fingerprint density at radius 3 is 2.56 bits per heavy atom. The Morgan fingerprint density at radius 1 is 1.44 bits per heavy atom. The van der Waals surface area contributed by atoms with Crippen LogP contribution < -0.4 is 10.6 Å². The van der Waals surface area contributed by atoms with Crippen LogP contribution in [-0.4, -0.2) is 22.8 Å². The third-order valence-corrected chi connectivity index (χ3v) is 3.35. The van der Waals surface area contributed by atoms with Crippen molar-refractivity contribution in [1.82, 2.24) is 15.6 Å². The zero-order valence-corrected chi connectivity index (χ0v) is 11.9. The predicted octanol–water partition coefficient (Wildman–Crippen LogP) is 1.23. The van der Waals surface area contributed by atoms with E-state index in [2.05, 4.69) is 15.6 Å². The molecule has 5 nitrogen and oxygen atoms in total. The van der Waals surface area contributed by atoms with Crippen LogP contribution in [0.3, 0.4) is 0 Å². The molecule has 1 heterocycles. The van der Waals surface area contributed by atoms with Crippen molar-refractivity contribution in [2.75, 3.05) is 0 Å². The van der Waals surface area contributed by atoms with Crippen LogP contribution in [-0.2, 0) is 16.1 Å². The lowest BCUT2D eigenvalue weighted by Crippen LogP contribution is -2.48. The number of hydrogen-bond acceptors (Lipinski definition) is 4. The summed E-state index contributed by atoms with van der Waals surface area (Å²) < 4.78 is 0. The molecule has 0 saturated heterocycles. The fraction of sp³-hybridized carbons (Fsp3) is 0.583. The predicted molar refractivity (Wildman–Crippen MR) is 71.1 cm³/mol. The van der Waals surface area contributed by atoms with E-state index in [9.17, 15) is 9.59 Å². The number of nitrogens with zero attached hydrogens (tertiary/aromatic N) is 1. The molecule has 100 valence electrons. The summed E-state index contributed by atoms with van der Waals surface area (Å²) in [5.41, 5.74) is 0.950. The Morgan fingerprint density at radius 2 is 2.11 bits per heavy atom. The van der Waals surface area contributed by atoms with E-state index in [4.69, 9.17) is 0 Å². The van der Waals surface area contributed by atoms with Crippen molar-refractivity contribution < 1.29 is 9.59 Å². The van der Waals surface area contributed by atoms with Gasteiger partial charge in [0, 0.05) is 18.0 Å². The minimum absolute atomic E-state index is 0.0481. The Kier molecular flexibility index (Phi) is 5.27. The van der Waals surface area contributed by atoms with Gasteiger partial charge in [-0.25, -0.2) is 4.98 Å². The number of carbonyl (C=O) groups is 2. The van der Waals surface area contributed by atoms with E-state index >= 15 is 0 Å². The first kappa shape index (κ1) is 14.6. The smallest absolute Gasteiger partial charge is 0.243 e. The highest BCUT2D eigenvalue weighted by Gasteiger charge is 2.22. The lowest BCUT2D eigenvalue weighted by molar-refractivity contribution is -0.129. The summed E-state index contributed by atoms with van der Waals surface area (Å²) in [6, 6.07) is -0.497. The number of hydrogen-bond donors (Lipinski definition) is 2. The quantitative estimate of drug-likeness (QED) is 0.844. The molecule has 2 N–H and O–H groups in total. The van der Waals surface area contributed by atoms with Gasteiger partial charge in [-0.1, -0.05) is 13.8 Å². The summed E-state index contributed by atoms with van der Waals surface area (Å²) in [5.74, 6) is -0.325. The molecular formula is C12H19N3O2S. The average molecular weight is 269 g/mol. The highest BCUT2D eigenvalue weighted by molar-refractivity contribution is 7.09. The molecule has 0 saturated carbocycles. The van der Waals surface area contributed by atoms with Crippen LogP contribution in [0.25, 0.3) is 0 Å². The topological polar surface area (TPSA) is 71.1 Å². The van der Waals surface area contributed by atoms with Gasteiger partial charge < -0.3 is 10.6 Å². The molecule has 18 heavy (non-hydrogen) atoms. The number of amides is 2. The molecule has 0 aliphatic rings. The highest BCUT2D eigenvalue weighted by atomic mass is 32.1. The van der Waals surface area contributed by atoms with Crippen LogP contribution >= 0.6 is 11.3 Å². The molecule has 0 aromatic carbocycles. The van der Waals surface area contributed by atoms with E-state index < -0.39 is 6.04 Å². The minimum atomic E-state index is -0.497. The Bertz CT molecular complexity index is 429. The van der Waals surface area contributed by atoms with Gasteiger partial charge in [0.05, 0.1) is 6.54 Å². The maximum absolute atomic E-state index is 12.0. The zero-order chi connectivity index (χ0) is 13.7. The standard InChI is InChI=1S/C12H19N3O2S/c1-7(2)11(15-9(4)16)12(17)13-5-10-14-8(3)6-18-10/h6-7,11H,5H2,1-4H3,(H,13,17)(H,15,16)/t11-/m1/s1. The van der Waals surface area contributed by atoms with Crippen molar-refractivity contribution >= 4 is 23.2 Å². The average Bonchev–Trinajstić information content (AvgIpc) is 2.68. The first-order chi connectivity index (χ1) is 8.40. The van der Waals surface area contributed by atoms with E-state index in [0.29, 0.717) is 6.54 Å². The second-order valence-electron chi connectivity index (χ2n) is 4.52. The van der Waals surface area contributed by atoms with Crippen molar-refractivity contribution in [3.8, 4) is 0 Å². The van der Waals surface area contributed by atoms with Crippen molar-refractivity contribution in [3.05, 3.63) is 16.1 Å². The molecule has 0 bridgehead atoms. The monoisotopic (exact) mass is 269 g/mol. The maximum Gasteiger partial charge on any atom is 0.243 e. The van der Waals surface area contributed by atoms with Crippen LogP contribution in [0.5, 0.6) is 0 Å². The Hall–Kier alpha value is -1.43. The molecule has 1 aromatic heterocycles. The van der Waals surface area contributed by atoms with E-state index in [1.807, 2.05) is 26.2 Å². The van der Waals surface area contributed by atoms with Gasteiger partial charge in [0.2, 0.25) is 11.8 Å². The van der Waals surface area contributed by atoms with Crippen LogP contribution in [0.1, 0.15) is 31.5 Å². The summed E-state index contributed by atoms with van der Waals surface area (Å²) >= 11 is 1.51. The fourth-order valence-corrected chi connectivity index (χ4v) is 2.22. The number of thiazole rings is 1. The lowest BCUT2D eigenvalue weighted by Gasteiger charge is -2.20. The van der Waals surface area contributed by atoms with Gasteiger partial charge >= 0.3 is 0 Å². The first-order valence-electron chi connectivity index (χ1n) is 5.86. The van der Waals surface area contributed by atoms with E-state index in [-0.39, 0.29) is 17.7 Å². The van der Waals surface area contributed by atoms with Gasteiger partial charge in [-0.3, -0.25) is 9.59 Å². The van der Waals surface area contributed by atoms with Crippen LogP contribution in [0.2, 0.25) is 0 Å². The molecule has 1 rings (SSSR count). The number of aryl methyl sites for hydroxylation is 1. The summed E-state index contributed by atoms with van der Waals surface area (Å²) in [6.45, 7) is 7.52. The largest absolute Gasteiger partial charge is 0.348 e. The van der Waals surface area contributed by atoms with Gasteiger partial charge in [-0.2, -0.15) is 0 Å². The van der Waals surface area contributed by atoms with Gasteiger partial charge in [0.25, 0.3) is 0 Å². The maximum atomic E-state index is 12.0. The molecule has 2 amide bonds. The normalized spacial score (nSPS) is 12.3. The van der Waals surface area contributed by atoms with Gasteiger partial charge in [-0.15, -0.1) is 11.3 Å². The molecule has 1 aromatic rings. The summed E-state index contributed by atoms with van der Waals surface area (Å²) in [7, 11) is 0. The second kappa shape index (κ2) is 6.49. The molecule has 0 fully saturated rings. The molecule has 0 aliphatic heterocycles. The van der Waals surface area contributed by atoms with E-state index in [0.717, 1.165) is 10.7 Å². The molecule has 0 aliphatic carbocycles. The van der Waals surface area contributed by atoms with Crippen LogP contribution in [0.4, 0.5) is 0 Å². The lowest BCUT2D eigenvalue weighted by atomic mass is 10.0. The van der Waals surface area contributed by atoms with Crippen LogP contribution in [0.15, 0.2) is 5.38 Å². The fourth-order valence-electron chi connectivity index (χ4n) is 1.51. The molecule has 1 atom stereocenters. The number of rotatable bonds is 5. The summed E-state index contributed by atoms with van der Waals surface area (Å²) in [4.78, 5) is 27.3. The number of nitrogens with one attached hydrogen (secondary N) is 2. The number of carbonyl (C=O) groups excluding carboxylic acids is 2. The van der Waals surface area contributed by atoms with Gasteiger partial charge in [0.1, 0.15) is 11.0 Å². The van der Waals surface area contributed by atoms with E-state index in [1.165, 1.54) is 18.3 Å². The van der Waals surface area contributed by atoms with Crippen LogP contribution in [0, 0.1) is 12.8 Å². The third kappa shape index (κ3) is 4.44. The second-order valence-corrected chi connectivity index (χ2v) is 5.47. The zero-order valence-electron chi connectivity index (χ0n) is 11.1. The molecule has 0 spiro atoms. The van der Waals surface area contributed by atoms with E-state index in [1.54, 1.807) is 0 Å². The Labute approximate surface area is 111 Å². The summed E-state index contributed by atoms with van der Waals surface area (Å²) in [6.07, 6.45) is 0. The van der Waals surface area contributed by atoms with Gasteiger partial charge in [0.15, 0.2) is 0 Å². The van der Waals surface area contributed by atoms with Crippen molar-refractivity contribution in [3.63, 3.8) is 0 Å². The summed E-state index contributed by atoms with van der Waals surface area (Å²) in [5, 5.41) is 8.25. The molecule has 0 unspecified atom stereocenters. The molecule has 6 heteroatoms. The van der Waals surface area contributed by atoms with Crippen molar-refractivity contribution in [1.29, 1.82) is 0 Å². The SMILES string of the molecule is CC(=O)N[C@@H](C(=O)NCc1nc(C)cs1)C(C)C.